The predicted octanol–water partition coefficient (Wildman–Crippen LogP) is 3.28. The lowest BCUT2D eigenvalue weighted by Crippen LogP contribution is -2.41. The molecule has 3 heteroatoms. The van der Waals surface area contributed by atoms with Crippen LogP contribution in [0.15, 0.2) is 24.3 Å². The highest BCUT2D eigenvalue weighted by Crippen LogP contribution is 2.30. The molecule has 0 bridgehead atoms. The van der Waals surface area contributed by atoms with E-state index < -0.39 is 0 Å². The molecule has 1 fully saturated rings. The number of carbonyl (C=O) groups excluding carboxylic acids is 1. The zero-order valence-corrected chi connectivity index (χ0v) is 12.8. The number of amides is 1. The zero-order valence-electron chi connectivity index (χ0n) is 12.8. The molecule has 1 heterocycles. The zero-order chi connectivity index (χ0) is 14.6. The molecule has 0 aliphatic carbocycles. The Hall–Kier alpha value is -1.51. The summed E-state index contributed by atoms with van der Waals surface area (Å²) in [5.41, 5.74) is 1.50. The fraction of sp³-hybridized carbons (Fsp3) is 0.588. The van der Waals surface area contributed by atoms with Crippen LogP contribution in [-0.4, -0.2) is 31.0 Å². The Morgan fingerprint density at radius 3 is 2.55 bits per heavy atom. The maximum atomic E-state index is 12.3. The van der Waals surface area contributed by atoms with E-state index in [-0.39, 0.29) is 5.91 Å². The van der Waals surface area contributed by atoms with Crippen LogP contribution in [0.1, 0.15) is 38.7 Å². The normalized spacial score (nSPS) is 17.9. The number of ether oxygens (including phenoxy) is 1. The number of hydrogen-bond acceptors (Lipinski definition) is 2. The predicted molar refractivity (Wildman–Crippen MR) is 80.9 cm³/mol. The molecule has 1 amide bonds. The number of para-hydroxylation sites is 1. The molecule has 1 saturated heterocycles. The Kier molecular flexibility index (Phi) is 4.69. The van der Waals surface area contributed by atoms with Gasteiger partial charge in [0.2, 0.25) is 5.91 Å². The third kappa shape index (κ3) is 3.75. The number of carbonyl (C=O) groups is 1. The van der Waals surface area contributed by atoms with Crippen molar-refractivity contribution in [3.8, 4) is 5.75 Å². The summed E-state index contributed by atoms with van der Waals surface area (Å²) in [7, 11) is 1.67. The van der Waals surface area contributed by atoms with E-state index in [1.165, 1.54) is 0 Å². The standard InChI is InChI=1S/C17H25NO2/c1-17(2)10-12-18(13-11-17)16(19)9-8-14-6-4-5-7-15(14)20-3/h4-7H,8-13H2,1-3H3. The molecule has 0 N–H and O–H groups in total. The summed E-state index contributed by atoms with van der Waals surface area (Å²) in [4.78, 5) is 14.3. The lowest BCUT2D eigenvalue weighted by atomic mass is 9.82. The molecule has 0 aromatic heterocycles. The van der Waals surface area contributed by atoms with Gasteiger partial charge in [0.15, 0.2) is 0 Å². The Morgan fingerprint density at radius 2 is 1.90 bits per heavy atom. The van der Waals surface area contributed by atoms with Crippen molar-refractivity contribution in [2.75, 3.05) is 20.2 Å². The van der Waals surface area contributed by atoms with E-state index in [1.54, 1.807) is 7.11 Å². The molecule has 110 valence electrons. The molecular formula is C17H25NO2. The molecule has 1 aliphatic rings. The first-order valence-electron chi connectivity index (χ1n) is 7.41. The van der Waals surface area contributed by atoms with Gasteiger partial charge in [-0.1, -0.05) is 32.0 Å². The highest BCUT2D eigenvalue weighted by molar-refractivity contribution is 5.76. The number of methoxy groups -OCH3 is 1. The van der Waals surface area contributed by atoms with Gasteiger partial charge in [0, 0.05) is 19.5 Å². The van der Waals surface area contributed by atoms with Crippen LogP contribution in [0.3, 0.4) is 0 Å². The second-order valence-corrected chi connectivity index (χ2v) is 6.36. The van der Waals surface area contributed by atoms with E-state index in [9.17, 15) is 4.79 Å². The molecular weight excluding hydrogens is 250 g/mol. The summed E-state index contributed by atoms with van der Waals surface area (Å²) in [6.45, 7) is 6.36. The number of hydrogen-bond donors (Lipinski definition) is 0. The second kappa shape index (κ2) is 6.29. The van der Waals surface area contributed by atoms with E-state index in [1.807, 2.05) is 29.2 Å². The van der Waals surface area contributed by atoms with Crippen molar-refractivity contribution in [2.45, 2.75) is 39.5 Å². The average Bonchev–Trinajstić information content (AvgIpc) is 2.45. The van der Waals surface area contributed by atoms with Gasteiger partial charge < -0.3 is 9.64 Å². The minimum atomic E-state index is 0.270. The van der Waals surface area contributed by atoms with Gasteiger partial charge in [0.1, 0.15) is 5.75 Å². The molecule has 1 aromatic carbocycles. The molecule has 3 nitrogen and oxygen atoms in total. The highest BCUT2D eigenvalue weighted by Gasteiger charge is 2.27. The number of benzene rings is 1. The number of likely N-dealkylation sites (tertiary alicyclic amines) is 1. The van der Waals surface area contributed by atoms with Crippen LogP contribution >= 0.6 is 0 Å². The SMILES string of the molecule is COc1ccccc1CCC(=O)N1CCC(C)(C)CC1. The van der Waals surface area contributed by atoms with Gasteiger partial charge in [-0.05, 0) is 36.3 Å². The van der Waals surface area contributed by atoms with E-state index in [2.05, 4.69) is 13.8 Å². The van der Waals surface area contributed by atoms with Crippen molar-refractivity contribution in [1.82, 2.24) is 4.90 Å². The summed E-state index contributed by atoms with van der Waals surface area (Å²) in [5, 5.41) is 0. The number of aryl methyl sites for hydroxylation is 1. The minimum absolute atomic E-state index is 0.270. The fourth-order valence-electron chi connectivity index (χ4n) is 2.67. The Morgan fingerprint density at radius 1 is 1.25 bits per heavy atom. The van der Waals surface area contributed by atoms with E-state index in [0.29, 0.717) is 11.8 Å². The first-order valence-corrected chi connectivity index (χ1v) is 7.41. The molecule has 0 saturated carbocycles. The fourth-order valence-corrected chi connectivity index (χ4v) is 2.67. The third-order valence-electron chi connectivity index (χ3n) is 4.27. The van der Waals surface area contributed by atoms with Crippen molar-refractivity contribution >= 4 is 5.91 Å². The number of nitrogens with zero attached hydrogens (tertiary/aromatic N) is 1. The van der Waals surface area contributed by atoms with Crippen LogP contribution in [0.5, 0.6) is 5.75 Å². The molecule has 0 spiro atoms. The van der Waals surface area contributed by atoms with Crippen molar-refractivity contribution in [3.63, 3.8) is 0 Å². The quantitative estimate of drug-likeness (QED) is 0.844. The lowest BCUT2D eigenvalue weighted by Gasteiger charge is -2.37. The first kappa shape index (κ1) is 14.9. The number of piperidine rings is 1. The van der Waals surface area contributed by atoms with Gasteiger partial charge in [-0.3, -0.25) is 4.79 Å². The van der Waals surface area contributed by atoms with Crippen LogP contribution in [0.4, 0.5) is 0 Å². The molecule has 1 aromatic rings. The van der Waals surface area contributed by atoms with E-state index in [0.717, 1.165) is 43.7 Å². The topological polar surface area (TPSA) is 29.5 Å². The smallest absolute Gasteiger partial charge is 0.222 e. The van der Waals surface area contributed by atoms with E-state index in [4.69, 9.17) is 4.74 Å². The van der Waals surface area contributed by atoms with Crippen LogP contribution < -0.4 is 4.74 Å². The largest absolute Gasteiger partial charge is 0.496 e. The molecule has 0 radical (unpaired) electrons. The third-order valence-corrected chi connectivity index (χ3v) is 4.27. The van der Waals surface area contributed by atoms with Crippen LogP contribution in [0.2, 0.25) is 0 Å². The molecule has 0 atom stereocenters. The van der Waals surface area contributed by atoms with Crippen LogP contribution in [-0.2, 0) is 11.2 Å². The van der Waals surface area contributed by atoms with Gasteiger partial charge >= 0.3 is 0 Å². The van der Waals surface area contributed by atoms with Crippen LogP contribution in [0.25, 0.3) is 0 Å². The van der Waals surface area contributed by atoms with Gasteiger partial charge in [0.05, 0.1) is 7.11 Å². The van der Waals surface area contributed by atoms with E-state index >= 15 is 0 Å². The molecule has 0 unspecified atom stereocenters. The lowest BCUT2D eigenvalue weighted by molar-refractivity contribution is -0.133. The summed E-state index contributed by atoms with van der Waals surface area (Å²) in [5.74, 6) is 1.14. The van der Waals surface area contributed by atoms with Crippen LogP contribution in [0, 0.1) is 5.41 Å². The summed E-state index contributed by atoms with van der Waals surface area (Å²) in [6, 6.07) is 7.93. The van der Waals surface area contributed by atoms with Crippen molar-refractivity contribution in [3.05, 3.63) is 29.8 Å². The number of rotatable bonds is 4. The van der Waals surface area contributed by atoms with Gasteiger partial charge in [-0.2, -0.15) is 0 Å². The first-order chi connectivity index (χ1) is 9.52. The summed E-state index contributed by atoms with van der Waals surface area (Å²) >= 11 is 0. The Balaban J connectivity index is 1.86. The highest BCUT2D eigenvalue weighted by atomic mass is 16.5. The molecule has 20 heavy (non-hydrogen) atoms. The molecule has 1 aliphatic heterocycles. The maximum Gasteiger partial charge on any atom is 0.222 e. The summed E-state index contributed by atoms with van der Waals surface area (Å²) in [6.07, 6.45) is 3.53. The Bertz CT molecular complexity index is 458. The van der Waals surface area contributed by atoms with Crippen molar-refractivity contribution < 1.29 is 9.53 Å². The summed E-state index contributed by atoms with van der Waals surface area (Å²) < 4.78 is 5.33. The van der Waals surface area contributed by atoms with Crippen molar-refractivity contribution in [1.29, 1.82) is 0 Å². The monoisotopic (exact) mass is 275 g/mol. The average molecular weight is 275 g/mol. The van der Waals surface area contributed by atoms with Crippen molar-refractivity contribution in [2.24, 2.45) is 5.41 Å². The Labute approximate surface area is 121 Å². The van der Waals surface area contributed by atoms with Gasteiger partial charge in [-0.25, -0.2) is 0 Å². The van der Waals surface area contributed by atoms with Gasteiger partial charge in [0.25, 0.3) is 0 Å². The minimum Gasteiger partial charge on any atom is -0.496 e. The van der Waals surface area contributed by atoms with Gasteiger partial charge in [-0.15, -0.1) is 0 Å². The maximum absolute atomic E-state index is 12.3. The molecule has 2 rings (SSSR count). The second-order valence-electron chi connectivity index (χ2n) is 6.36.